The molecule has 0 saturated carbocycles. The maximum Gasteiger partial charge on any atom is 0.422 e. The molecular weight excluding hydrogens is 335 g/mol. The third kappa shape index (κ3) is 2.72. The Morgan fingerprint density at radius 3 is 2.43 bits per heavy atom. The number of alkyl halides is 3. The SMILES string of the molecule is O=C(CN1c2cccc3cccc(c23)S1(=O)=O)OCC(F)(F)F. The molecule has 23 heavy (non-hydrogen) atoms. The predicted octanol–water partition coefficient (Wildman–Crippen LogP) is 2.45. The van der Waals surface area contributed by atoms with Gasteiger partial charge in [-0.15, -0.1) is 0 Å². The highest BCUT2D eigenvalue weighted by Gasteiger charge is 2.37. The highest BCUT2D eigenvalue weighted by atomic mass is 32.2. The van der Waals surface area contributed by atoms with Gasteiger partial charge in [0.15, 0.2) is 6.61 Å². The molecule has 0 N–H and O–H groups in total. The number of nitrogens with zero attached hydrogens (tertiary/aromatic N) is 1. The molecule has 0 saturated heterocycles. The van der Waals surface area contributed by atoms with Gasteiger partial charge in [-0.25, -0.2) is 8.42 Å². The second-order valence-corrected chi connectivity index (χ2v) is 6.75. The van der Waals surface area contributed by atoms with E-state index in [-0.39, 0.29) is 10.6 Å². The smallest absolute Gasteiger partial charge is 0.422 e. The quantitative estimate of drug-likeness (QED) is 0.802. The van der Waals surface area contributed by atoms with E-state index in [0.717, 1.165) is 4.31 Å². The highest BCUT2D eigenvalue weighted by molar-refractivity contribution is 7.93. The van der Waals surface area contributed by atoms with Crippen molar-refractivity contribution < 1.29 is 31.1 Å². The highest BCUT2D eigenvalue weighted by Crippen LogP contribution is 2.41. The lowest BCUT2D eigenvalue weighted by Gasteiger charge is -2.18. The zero-order valence-electron chi connectivity index (χ0n) is 11.5. The molecule has 5 nitrogen and oxygen atoms in total. The zero-order valence-corrected chi connectivity index (χ0v) is 12.3. The molecule has 9 heteroatoms. The molecule has 0 unspecified atom stereocenters. The van der Waals surface area contributed by atoms with Gasteiger partial charge < -0.3 is 4.74 Å². The summed E-state index contributed by atoms with van der Waals surface area (Å²) in [5.41, 5.74) is 0.252. The van der Waals surface area contributed by atoms with Gasteiger partial charge in [-0.2, -0.15) is 13.2 Å². The van der Waals surface area contributed by atoms with Crippen molar-refractivity contribution >= 4 is 32.5 Å². The van der Waals surface area contributed by atoms with Crippen LogP contribution < -0.4 is 4.31 Å². The normalized spacial score (nSPS) is 15.9. The molecule has 0 fully saturated rings. The van der Waals surface area contributed by atoms with Crippen molar-refractivity contribution in [3.8, 4) is 0 Å². The third-order valence-corrected chi connectivity index (χ3v) is 5.15. The van der Waals surface area contributed by atoms with Crippen LogP contribution in [0.25, 0.3) is 10.8 Å². The van der Waals surface area contributed by atoms with Crippen molar-refractivity contribution in [1.82, 2.24) is 0 Å². The summed E-state index contributed by atoms with van der Waals surface area (Å²) in [6, 6.07) is 9.48. The number of sulfonamides is 1. The first-order valence-electron chi connectivity index (χ1n) is 6.47. The van der Waals surface area contributed by atoms with Gasteiger partial charge in [0.05, 0.1) is 10.6 Å². The van der Waals surface area contributed by atoms with Gasteiger partial charge in [0.2, 0.25) is 0 Å². The van der Waals surface area contributed by atoms with Gasteiger partial charge in [0, 0.05) is 5.39 Å². The third-order valence-electron chi connectivity index (χ3n) is 3.35. The van der Waals surface area contributed by atoms with E-state index >= 15 is 0 Å². The number of carbonyl (C=O) groups excluding carboxylic acids is 1. The summed E-state index contributed by atoms with van der Waals surface area (Å²) in [4.78, 5) is 11.6. The molecule has 0 bridgehead atoms. The van der Waals surface area contributed by atoms with Gasteiger partial charge in [0.25, 0.3) is 10.0 Å². The molecule has 0 amide bonds. The molecule has 0 aromatic heterocycles. The number of ether oxygens (including phenoxy) is 1. The van der Waals surface area contributed by atoms with Gasteiger partial charge >= 0.3 is 12.1 Å². The molecule has 0 radical (unpaired) electrons. The van der Waals surface area contributed by atoms with Crippen LogP contribution in [-0.4, -0.2) is 33.7 Å². The molecule has 0 aliphatic carbocycles. The first-order valence-corrected chi connectivity index (χ1v) is 7.91. The average molecular weight is 345 g/mol. The van der Waals surface area contributed by atoms with Gasteiger partial charge in [-0.1, -0.05) is 24.3 Å². The molecule has 3 rings (SSSR count). The summed E-state index contributed by atoms with van der Waals surface area (Å²) in [5, 5.41) is 1.10. The molecular formula is C14H10F3NO4S. The summed E-state index contributed by atoms with van der Waals surface area (Å²) >= 11 is 0. The number of esters is 1. The lowest BCUT2D eigenvalue weighted by Crippen LogP contribution is -2.35. The average Bonchev–Trinajstić information content (AvgIpc) is 2.68. The van der Waals surface area contributed by atoms with Gasteiger partial charge in [-0.05, 0) is 17.5 Å². The van der Waals surface area contributed by atoms with E-state index in [1.165, 1.54) is 12.1 Å². The number of benzene rings is 2. The first kappa shape index (κ1) is 15.6. The number of rotatable bonds is 3. The first-order chi connectivity index (χ1) is 10.7. The summed E-state index contributed by atoms with van der Waals surface area (Å²) < 4.78 is 66.1. The van der Waals surface area contributed by atoms with Crippen molar-refractivity contribution in [3.05, 3.63) is 36.4 Å². The van der Waals surface area contributed by atoms with Gasteiger partial charge in [0.1, 0.15) is 6.54 Å². The Morgan fingerprint density at radius 2 is 1.78 bits per heavy atom. The van der Waals surface area contributed by atoms with E-state index in [2.05, 4.69) is 4.74 Å². The fourth-order valence-corrected chi connectivity index (χ4v) is 4.11. The Morgan fingerprint density at radius 1 is 1.13 bits per heavy atom. The van der Waals surface area contributed by atoms with Crippen molar-refractivity contribution in [1.29, 1.82) is 0 Å². The van der Waals surface area contributed by atoms with E-state index in [9.17, 15) is 26.4 Å². The van der Waals surface area contributed by atoms with E-state index in [4.69, 9.17) is 0 Å². The summed E-state index contributed by atoms with van der Waals surface area (Å²) in [5.74, 6) is -1.27. The molecule has 2 aromatic rings. The van der Waals surface area contributed by atoms with Crippen LogP contribution >= 0.6 is 0 Å². The fraction of sp³-hybridized carbons (Fsp3) is 0.214. The second-order valence-electron chi connectivity index (χ2n) is 4.92. The van der Waals surface area contributed by atoms with Crippen molar-refractivity contribution in [2.75, 3.05) is 17.5 Å². The van der Waals surface area contributed by atoms with Crippen LogP contribution in [0.1, 0.15) is 0 Å². The van der Waals surface area contributed by atoms with E-state index < -0.39 is 35.3 Å². The largest absolute Gasteiger partial charge is 0.455 e. The fourth-order valence-electron chi connectivity index (χ4n) is 2.45. The van der Waals surface area contributed by atoms with Gasteiger partial charge in [-0.3, -0.25) is 9.10 Å². The van der Waals surface area contributed by atoms with Crippen molar-refractivity contribution in [3.63, 3.8) is 0 Å². The number of hydrogen-bond acceptors (Lipinski definition) is 4. The van der Waals surface area contributed by atoms with Crippen LogP contribution in [0.3, 0.4) is 0 Å². The van der Waals surface area contributed by atoms with E-state index in [1.54, 1.807) is 24.3 Å². The Balaban J connectivity index is 1.93. The minimum Gasteiger partial charge on any atom is -0.455 e. The van der Waals surface area contributed by atoms with Crippen molar-refractivity contribution in [2.45, 2.75) is 11.1 Å². The summed E-state index contributed by atoms with van der Waals surface area (Å²) in [6.45, 7) is -2.57. The monoisotopic (exact) mass is 345 g/mol. The van der Waals surface area contributed by atoms with Crippen LogP contribution in [-0.2, 0) is 19.6 Å². The molecule has 2 aromatic carbocycles. The Kier molecular flexibility index (Phi) is 3.47. The van der Waals surface area contributed by atoms with Crippen molar-refractivity contribution in [2.24, 2.45) is 0 Å². The van der Waals surface area contributed by atoms with Crippen LogP contribution in [0.4, 0.5) is 18.9 Å². The van der Waals surface area contributed by atoms with E-state index in [0.29, 0.717) is 10.8 Å². The molecule has 122 valence electrons. The number of halogens is 3. The van der Waals surface area contributed by atoms with Crippen LogP contribution in [0, 0.1) is 0 Å². The maximum atomic E-state index is 12.5. The molecule has 0 spiro atoms. The Labute approximate surface area is 129 Å². The number of anilines is 1. The molecule has 1 aliphatic rings. The van der Waals surface area contributed by atoms with Crippen LogP contribution in [0.15, 0.2) is 41.3 Å². The Hall–Kier alpha value is -2.29. The van der Waals surface area contributed by atoms with E-state index in [1.807, 2.05) is 0 Å². The number of carbonyl (C=O) groups is 1. The maximum absolute atomic E-state index is 12.5. The summed E-state index contributed by atoms with van der Waals surface area (Å²) in [6.07, 6.45) is -4.66. The standard InChI is InChI=1S/C14H10F3NO4S/c15-14(16,17)8-22-12(19)7-18-10-5-1-3-9-4-2-6-11(13(9)10)23(18,20)21/h1-6H,7-8H2. The lowest BCUT2D eigenvalue weighted by molar-refractivity contribution is -0.185. The van der Waals surface area contributed by atoms with Crippen LogP contribution in [0.2, 0.25) is 0 Å². The number of hydrogen-bond donors (Lipinski definition) is 0. The topological polar surface area (TPSA) is 63.7 Å². The minimum absolute atomic E-state index is 0.0224. The lowest BCUT2D eigenvalue weighted by atomic mass is 10.1. The zero-order chi connectivity index (χ0) is 16.8. The molecule has 1 heterocycles. The molecule has 0 atom stereocenters. The summed E-state index contributed by atoms with van der Waals surface area (Å²) in [7, 11) is -4.00. The van der Waals surface area contributed by atoms with Crippen LogP contribution in [0.5, 0.6) is 0 Å². The molecule has 1 aliphatic heterocycles. The Bertz CT molecular complexity index is 887. The predicted molar refractivity (Wildman–Crippen MR) is 75.5 cm³/mol. The second kappa shape index (κ2) is 5.12. The minimum atomic E-state index is -4.66.